The number of nitrogens with zero attached hydrogens (tertiary/aromatic N) is 1. The molecule has 1 aromatic heterocycles. The van der Waals surface area contributed by atoms with Crippen molar-refractivity contribution in [3.05, 3.63) is 24.5 Å². The molecule has 4 nitrogen and oxygen atoms in total. The maximum Gasteiger partial charge on any atom is 0.179 e. The van der Waals surface area contributed by atoms with Crippen molar-refractivity contribution in [1.29, 1.82) is 0 Å². The fourth-order valence-electron chi connectivity index (χ4n) is 1.40. The zero-order valence-corrected chi connectivity index (χ0v) is 9.95. The fourth-order valence-corrected chi connectivity index (χ4v) is 2.72. The Bertz CT molecular complexity index is 389. The second-order valence-corrected chi connectivity index (χ2v) is 5.74. The van der Waals surface area contributed by atoms with E-state index >= 15 is 0 Å². The summed E-state index contributed by atoms with van der Waals surface area (Å²) in [6.07, 6.45) is 5.76. The second kappa shape index (κ2) is 6.60. The molecule has 0 aromatic carbocycles. The Labute approximate surface area is 96.3 Å². The molecule has 16 heavy (non-hydrogen) atoms. The van der Waals surface area contributed by atoms with Crippen LogP contribution in [0.15, 0.2) is 29.4 Å². The van der Waals surface area contributed by atoms with Gasteiger partial charge in [0.2, 0.25) is 0 Å². The number of unbranched alkanes of at least 4 members (excludes halogenated alkanes) is 3. The van der Waals surface area contributed by atoms with E-state index in [1.165, 1.54) is 6.20 Å². The van der Waals surface area contributed by atoms with Crippen molar-refractivity contribution in [1.82, 2.24) is 4.98 Å². The molecular weight excluding hydrogens is 226 g/mol. The highest BCUT2D eigenvalue weighted by Crippen LogP contribution is 2.11. The first-order valence-corrected chi connectivity index (χ1v) is 7.03. The van der Waals surface area contributed by atoms with Crippen molar-refractivity contribution in [3.63, 3.8) is 0 Å². The minimum atomic E-state index is -3.19. The summed E-state index contributed by atoms with van der Waals surface area (Å²) >= 11 is 0. The van der Waals surface area contributed by atoms with Crippen LogP contribution in [0.2, 0.25) is 0 Å². The van der Waals surface area contributed by atoms with Gasteiger partial charge in [-0.3, -0.25) is 4.98 Å². The van der Waals surface area contributed by atoms with Crippen LogP contribution in [0.3, 0.4) is 0 Å². The zero-order chi connectivity index (χ0) is 11.9. The Morgan fingerprint density at radius 2 is 1.88 bits per heavy atom. The van der Waals surface area contributed by atoms with E-state index < -0.39 is 9.84 Å². The van der Waals surface area contributed by atoms with Crippen molar-refractivity contribution < 1.29 is 13.5 Å². The van der Waals surface area contributed by atoms with Gasteiger partial charge in [0.25, 0.3) is 0 Å². The smallest absolute Gasteiger partial charge is 0.179 e. The molecule has 0 spiro atoms. The fraction of sp³-hybridized carbons (Fsp3) is 0.545. The highest BCUT2D eigenvalue weighted by atomic mass is 32.2. The van der Waals surface area contributed by atoms with Gasteiger partial charge in [0.15, 0.2) is 9.84 Å². The number of rotatable bonds is 7. The van der Waals surface area contributed by atoms with Gasteiger partial charge in [0.1, 0.15) is 0 Å². The molecule has 1 heterocycles. The molecule has 0 atom stereocenters. The van der Waals surface area contributed by atoms with Crippen LogP contribution in [0, 0.1) is 0 Å². The third kappa shape index (κ3) is 4.28. The van der Waals surface area contributed by atoms with Crippen molar-refractivity contribution in [2.75, 3.05) is 12.4 Å². The first-order valence-electron chi connectivity index (χ1n) is 5.38. The Morgan fingerprint density at radius 3 is 2.50 bits per heavy atom. The van der Waals surface area contributed by atoms with Crippen LogP contribution < -0.4 is 0 Å². The lowest BCUT2D eigenvalue weighted by molar-refractivity contribution is 0.186. The summed E-state index contributed by atoms with van der Waals surface area (Å²) in [6.45, 7) is -0.0741. The van der Waals surface area contributed by atoms with Gasteiger partial charge in [0, 0.05) is 12.4 Å². The molecular formula is C11H16NO3S. The molecule has 89 valence electrons. The molecule has 0 saturated carbocycles. The van der Waals surface area contributed by atoms with E-state index in [2.05, 4.69) is 4.98 Å². The monoisotopic (exact) mass is 242 g/mol. The maximum absolute atomic E-state index is 11.8. The van der Waals surface area contributed by atoms with E-state index in [9.17, 15) is 13.5 Å². The molecule has 0 bridgehead atoms. The van der Waals surface area contributed by atoms with E-state index in [-0.39, 0.29) is 17.3 Å². The molecule has 0 aliphatic rings. The van der Waals surface area contributed by atoms with Crippen molar-refractivity contribution in [3.8, 4) is 0 Å². The normalized spacial score (nSPS) is 11.6. The van der Waals surface area contributed by atoms with Gasteiger partial charge in [-0.2, -0.15) is 0 Å². The lowest BCUT2D eigenvalue weighted by Gasteiger charge is -2.03. The van der Waals surface area contributed by atoms with Gasteiger partial charge in [-0.25, -0.2) is 13.5 Å². The molecule has 1 aromatic rings. The molecule has 5 heteroatoms. The van der Waals surface area contributed by atoms with Crippen LogP contribution in [0.25, 0.3) is 0 Å². The minimum Gasteiger partial charge on any atom is -0.263 e. The summed E-state index contributed by atoms with van der Waals surface area (Å²) in [4.78, 5) is 4.06. The maximum atomic E-state index is 11.8. The predicted octanol–water partition coefficient (Wildman–Crippen LogP) is 1.85. The Balaban J connectivity index is 2.41. The standard InChI is InChI=1S/C11H16NO3S/c13-8-3-1-2-4-9-16(14,15)11-6-5-7-12-10-11/h5-7,10H,1-4,8-9H2. The van der Waals surface area contributed by atoms with Gasteiger partial charge < -0.3 is 0 Å². The Morgan fingerprint density at radius 1 is 1.12 bits per heavy atom. The Hall–Kier alpha value is -0.940. The number of hydrogen-bond donors (Lipinski definition) is 0. The van der Waals surface area contributed by atoms with Crippen LogP contribution in [0.4, 0.5) is 0 Å². The molecule has 0 unspecified atom stereocenters. The SMILES string of the molecule is [O]CCCCCCS(=O)(=O)c1cccnc1. The van der Waals surface area contributed by atoms with E-state index in [4.69, 9.17) is 0 Å². The molecule has 1 radical (unpaired) electrons. The summed E-state index contributed by atoms with van der Waals surface area (Å²) in [5.74, 6) is 0.136. The molecule has 0 amide bonds. The summed E-state index contributed by atoms with van der Waals surface area (Å²) < 4.78 is 23.5. The molecule has 0 saturated heterocycles. The lowest BCUT2D eigenvalue weighted by atomic mass is 10.2. The van der Waals surface area contributed by atoms with Gasteiger partial charge >= 0.3 is 0 Å². The summed E-state index contributed by atoms with van der Waals surface area (Å²) in [5, 5.41) is 10.2. The Kier molecular flexibility index (Phi) is 5.42. The van der Waals surface area contributed by atoms with Gasteiger partial charge in [0.05, 0.1) is 17.3 Å². The lowest BCUT2D eigenvalue weighted by Crippen LogP contribution is -2.07. The van der Waals surface area contributed by atoms with Crippen LogP contribution in [-0.4, -0.2) is 25.8 Å². The zero-order valence-electron chi connectivity index (χ0n) is 9.13. The summed E-state index contributed by atoms with van der Waals surface area (Å²) in [5.41, 5.74) is 0. The van der Waals surface area contributed by atoms with E-state index in [1.54, 1.807) is 18.3 Å². The van der Waals surface area contributed by atoms with E-state index in [1.807, 2.05) is 0 Å². The molecule has 0 aliphatic carbocycles. The molecule has 0 N–H and O–H groups in total. The van der Waals surface area contributed by atoms with Crippen LogP contribution in [0.5, 0.6) is 0 Å². The number of hydrogen-bond acceptors (Lipinski definition) is 3. The first kappa shape index (κ1) is 13.1. The summed E-state index contributed by atoms with van der Waals surface area (Å²) in [6, 6.07) is 3.17. The molecule has 1 rings (SSSR count). The highest BCUT2D eigenvalue weighted by Gasteiger charge is 2.13. The van der Waals surface area contributed by atoms with E-state index in [0.29, 0.717) is 12.8 Å². The van der Waals surface area contributed by atoms with Crippen LogP contribution in [-0.2, 0) is 14.9 Å². The summed E-state index contributed by atoms with van der Waals surface area (Å²) in [7, 11) is -3.19. The predicted molar refractivity (Wildman–Crippen MR) is 60.3 cm³/mol. The van der Waals surface area contributed by atoms with Crippen LogP contribution >= 0.6 is 0 Å². The van der Waals surface area contributed by atoms with Gasteiger partial charge in [-0.1, -0.05) is 12.8 Å². The molecule has 0 fully saturated rings. The van der Waals surface area contributed by atoms with Crippen molar-refractivity contribution in [2.45, 2.75) is 30.6 Å². The van der Waals surface area contributed by atoms with Gasteiger partial charge in [-0.05, 0) is 25.0 Å². The largest absolute Gasteiger partial charge is 0.263 e. The average molecular weight is 242 g/mol. The van der Waals surface area contributed by atoms with Gasteiger partial charge in [-0.15, -0.1) is 0 Å². The first-order chi connectivity index (χ1) is 7.67. The highest BCUT2D eigenvalue weighted by molar-refractivity contribution is 7.91. The third-order valence-corrected chi connectivity index (χ3v) is 4.09. The van der Waals surface area contributed by atoms with Crippen LogP contribution in [0.1, 0.15) is 25.7 Å². The van der Waals surface area contributed by atoms with Crippen molar-refractivity contribution in [2.24, 2.45) is 0 Å². The number of pyridine rings is 1. The topological polar surface area (TPSA) is 66.9 Å². The van der Waals surface area contributed by atoms with E-state index in [0.717, 1.165) is 12.8 Å². The minimum absolute atomic E-state index is 0.0741. The van der Waals surface area contributed by atoms with Crippen molar-refractivity contribution >= 4 is 9.84 Å². The number of aromatic nitrogens is 1. The number of sulfone groups is 1. The third-order valence-electron chi connectivity index (χ3n) is 2.30. The second-order valence-electron chi connectivity index (χ2n) is 3.63. The average Bonchev–Trinajstić information content (AvgIpc) is 2.30. The molecule has 0 aliphatic heterocycles. The quantitative estimate of drug-likeness (QED) is 0.685.